The minimum Gasteiger partial charge on any atom is -0.475 e. The molecule has 0 spiro atoms. The summed E-state index contributed by atoms with van der Waals surface area (Å²) in [6.45, 7) is 1.62. The molecule has 3 rings (SSSR count). The van der Waals surface area contributed by atoms with Crippen LogP contribution in [0.3, 0.4) is 0 Å². The van der Waals surface area contributed by atoms with Crippen molar-refractivity contribution in [2.24, 2.45) is 33.8 Å². The monoisotopic (exact) mass is 927 g/mol. The van der Waals surface area contributed by atoms with E-state index in [1.165, 1.54) is 18.2 Å². The van der Waals surface area contributed by atoms with Crippen LogP contribution in [0, 0.1) is 11.3 Å². The normalized spacial score (nSPS) is 13.5. The highest BCUT2D eigenvalue weighted by molar-refractivity contribution is 7.89. The quantitative estimate of drug-likeness (QED) is 0.0780. The Morgan fingerprint density at radius 3 is 1.74 bits per heavy atom. The number of aliphatic imine (C=N–C) groups is 1. The maximum atomic E-state index is 13.7. The largest absolute Gasteiger partial charge is 0.490 e. The molecule has 1 aliphatic heterocycles. The van der Waals surface area contributed by atoms with Crippen molar-refractivity contribution in [3.05, 3.63) is 59.7 Å². The molecule has 14 N–H and O–H groups in total. The second kappa shape index (κ2) is 24.9. The third kappa shape index (κ3) is 22.4. The van der Waals surface area contributed by atoms with Crippen LogP contribution < -0.4 is 33.0 Å². The number of carboxylic acid groups (broad SMARTS) is 3. The smallest absolute Gasteiger partial charge is 0.475 e. The molecule has 0 saturated carbocycles. The summed E-state index contributed by atoms with van der Waals surface area (Å²) in [7, 11) is -4.17. The molecule has 348 valence electrons. The summed E-state index contributed by atoms with van der Waals surface area (Å²) in [5, 5.41) is 31.7. The molecule has 19 nitrogen and oxygen atoms in total. The Balaban J connectivity index is 0.00000145. The number of rotatable bonds is 13. The van der Waals surface area contributed by atoms with Crippen LogP contribution in [0.25, 0.3) is 0 Å². The van der Waals surface area contributed by atoms with E-state index >= 15 is 0 Å². The first kappa shape index (κ1) is 55.8. The number of benzene rings is 2. The maximum Gasteiger partial charge on any atom is 0.490 e. The molecule has 1 heterocycles. The third-order valence-corrected chi connectivity index (χ3v) is 9.03. The predicted octanol–water partition coefficient (Wildman–Crippen LogP) is 1.95. The fraction of sp³-hybridized carbons (Fsp3) is 0.424. The summed E-state index contributed by atoms with van der Waals surface area (Å²) < 4.78 is 125. The van der Waals surface area contributed by atoms with Crippen molar-refractivity contribution in [1.82, 2.24) is 9.62 Å². The number of likely N-dealkylation sites (tertiary alicyclic amines) is 1. The lowest BCUT2D eigenvalue weighted by atomic mass is 9.93. The number of halogens is 9. The number of nitrogens with one attached hydrogen (secondary N) is 3. The average molecular weight is 928 g/mol. The number of hydrogen-bond acceptors (Lipinski definition) is 10. The van der Waals surface area contributed by atoms with Crippen LogP contribution in [-0.2, 0) is 40.4 Å². The topological polar surface area (TPSA) is 348 Å². The molecule has 0 unspecified atom stereocenters. The Hall–Kier alpha value is -6.23. The van der Waals surface area contributed by atoms with Crippen molar-refractivity contribution in [2.45, 2.75) is 61.6 Å². The molecular formula is C33H42F9N9O10S. The Labute approximate surface area is 345 Å². The number of carboxylic acids is 3. The fourth-order valence-corrected chi connectivity index (χ4v) is 5.91. The van der Waals surface area contributed by atoms with E-state index in [4.69, 9.17) is 58.0 Å². The van der Waals surface area contributed by atoms with Crippen molar-refractivity contribution in [2.75, 3.05) is 31.5 Å². The van der Waals surface area contributed by atoms with Gasteiger partial charge in [-0.05, 0) is 61.4 Å². The first-order valence-corrected chi connectivity index (χ1v) is 18.6. The highest BCUT2D eigenvalue weighted by Crippen LogP contribution is 2.23. The number of aliphatic carboxylic acids is 3. The minimum absolute atomic E-state index is 0.0464. The molecule has 1 fully saturated rings. The maximum absolute atomic E-state index is 13.7. The van der Waals surface area contributed by atoms with E-state index in [-0.39, 0.29) is 47.9 Å². The van der Waals surface area contributed by atoms with Gasteiger partial charge < -0.3 is 48.5 Å². The van der Waals surface area contributed by atoms with Crippen LogP contribution in [0.5, 0.6) is 0 Å². The van der Waals surface area contributed by atoms with Gasteiger partial charge in [0, 0.05) is 43.9 Å². The van der Waals surface area contributed by atoms with Gasteiger partial charge in [-0.1, -0.05) is 24.3 Å². The van der Waals surface area contributed by atoms with Crippen LogP contribution in [0.15, 0.2) is 58.4 Å². The number of nitrogen functional groups attached to an aromatic ring is 1. The van der Waals surface area contributed by atoms with Gasteiger partial charge in [-0.3, -0.25) is 20.0 Å². The molecule has 2 amide bonds. The van der Waals surface area contributed by atoms with E-state index in [2.05, 4.69) is 15.0 Å². The summed E-state index contributed by atoms with van der Waals surface area (Å²) >= 11 is 0. The second-order valence-corrected chi connectivity index (χ2v) is 14.1. The Kier molecular flexibility index (Phi) is 22.4. The van der Waals surface area contributed by atoms with Crippen molar-refractivity contribution < 1.29 is 87.2 Å². The van der Waals surface area contributed by atoms with E-state index in [0.717, 1.165) is 19.3 Å². The number of alkyl halides is 9. The second-order valence-electron chi connectivity index (χ2n) is 12.4. The lowest BCUT2D eigenvalue weighted by Gasteiger charge is -2.34. The van der Waals surface area contributed by atoms with Crippen LogP contribution >= 0.6 is 0 Å². The number of nitrogens with zero attached hydrogens (tertiary/aromatic N) is 2. The number of anilines is 1. The third-order valence-electron chi connectivity index (χ3n) is 7.56. The van der Waals surface area contributed by atoms with Gasteiger partial charge in [0.2, 0.25) is 21.8 Å². The first-order chi connectivity index (χ1) is 28.3. The van der Waals surface area contributed by atoms with Crippen LogP contribution in [0.4, 0.5) is 45.2 Å². The lowest BCUT2D eigenvalue weighted by Crippen LogP contribution is -2.51. The summed E-state index contributed by atoms with van der Waals surface area (Å²) in [5.74, 6) is -8.70. The van der Waals surface area contributed by atoms with Gasteiger partial charge in [-0.2, -0.15) is 44.2 Å². The van der Waals surface area contributed by atoms with Crippen molar-refractivity contribution >= 4 is 57.2 Å². The van der Waals surface area contributed by atoms with Gasteiger partial charge in [-0.25, -0.2) is 22.8 Å². The zero-order chi connectivity index (χ0) is 48.2. The van der Waals surface area contributed by atoms with Gasteiger partial charge in [0.25, 0.3) is 0 Å². The van der Waals surface area contributed by atoms with Gasteiger partial charge in [-0.15, -0.1) is 0 Å². The van der Waals surface area contributed by atoms with Crippen molar-refractivity contribution in [1.29, 1.82) is 5.41 Å². The summed E-state index contributed by atoms with van der Waals surface area (Å²) in [5.41, 5.74) is 23.3. The Bertz CT molecular complexity index is 1930. The minimum atomic E-state index is -5.08. The van der Waals surface area contributed by atoms with E-state index in [1.54, 1.807) is 35.2 Å². The number of nitrogens with two attached hydrogens (primary N) is 4. The number of sulfonamides is 1. The standard InChI is InChI=1S/C27H39N9O4S.3C2HF3O2/c28-11-7-24(37)34-21-5-2-6-22(17-21)41(39,40)35-23(16-19-3-1-4-20(15-19)25(29)30)26(38)36-13-9-18(10-14-36)8-12-33-27(31)32;3*3-2(4,5)1(6)7/h1-6,15,17-18,23,35H,7-14,16,28H2,(H3,29,30)(H,34,37)(H4,31,32,33);3*(H,6,7)/t23-;;;/m0.../s1. The highest BCUT2D eigenvalue weighted by atomic mass is 32.2. The van der Waals surface area contributed by atoms with Crippen LogP contribution in [-0.4, -0.2) is 121 Å². The molecule has 0 radical (unpaired) electrons. The summed E-state index contributed by atoms with van der Waals surface area (Å²) in [4.78, 5) is 58.0. The SMILES string of the molecule is N=C(N)c1cccc(C[C@H](NS(=O)(=O)c2cccc(NC(=O)CCN)c2)C(=O)N2CCC(CCN=C(N)N)CC2)c1.O=C(O)C(F)(F)F.O=C(O)C(F)(F)F.O=C(O)C(F)(F)F. The molecule has 2 aromatic carbocycles. The van der Waals surface area contributed by atoms with Gasteiger partial charge >= 0.3 is 36.4 Å². The zero-order valence-corrected chi connectivity index (χ0v) is 32.7. The van der Waals surface area contributed by atoms with Gasteiger partial charge in [0.1, 0.15) is 11.9 Å². The molecule has 0 bridgehead atoms. The van der Waals surface area contributed by atoms with Gasteiger partial charge in [0.15, 0.2) is 5.96 Å². The van der Waals surface area contributed by atoms with Gasteiger partial charge in [0.05, 0.1) is 4.90 Å². The van der Waals surface area contributed by atoms with Crippen LogP contribution in [0.2, 0.25) is 0 Å². The number of amidine groups is 1. The first-order valence-electron chi connectivity index (χ1n) is 17.1. The number of carbonyl (C=O) groups excluding carboxylic acids is 2. The number of hydrogen-bond donors (Lipinski definition) is 10. The fourth-order valence-electron chi connectivity index (χ4n) is 4.67. The summed E-state index contributed by atoms with van der Waals surface area (Å²) in [6, 6.07) is 11.5. The number of guanidine groups is 1. The number of piperidine rings is 1. The van der Waals surface area contributed by atoms with Crippen molar-refractivity contribution in [3.8, 4) is 0 Å². The molecule has 1 aliphatic rings. The molecule has 62 heavy (non-hydrogen) atoms. The van der Waals surface area contributed by atoms with E-state index in [0.29, 0.717) is 42.4 Å². The molecule has 2 aromatic rings. The van der Waals surface area contributed by atoms with Crippen molar-refractivity contribution in [3.63, 3.8) is 0 Å². The van der Waals surface area contributed by atoms with E-state index < -0.39 is 52.5 Å². The molecule has 29 heteroatoms. The van der Waals surface area contributed by atoms with E-state index in [9.17, 15) is 57.5 Å². The lowest BCUT2D eigenvalue weighted by molar-refractivity contribution is -0.193. The van der Waals surface area contributed by atoms with Crippen LogP contribution in [0.1, 0.15) is 36.8 Å². The highest BCUT2D eigenvalue weighted by Gasteiger charge is 2.39. The zero-order valence-electron chi connectivity index (χ0n) is 31.9. The number of carbonyl (C=O) groups is 5. The summed E-state index contributed by atoms with van der Waals surface area (Å²) in [6.07, 6.45) is -12.8. The Morgan fingerprint density at radius 1 is 0.823 bits per heavy atom. The average Bonchev–Trinajstić information content (AvgIpc) is 3.14. The molecular weight excluding hydrogens is 885 g/mol. The molecule has 0 aliphatic carbocycles. The predicted molar refractivity (Wildman–Crippen MR) is 200 cm³/mol. The molecule has 1 saturated heterocycles. The molecule has 1 atom stereocenters. The Morgan fingerprint density at radius 2 is 1.31 bits per heavy atom. The van der Waals surface area contributed by atoms with E-state index in [1.807, 2.05) is 0 Å². The molecule has 0 aromatic heterocycles. The number of amides is 2.